The highest BCUT2D eigenvalue weighted by atomic mass is 32.1. The first kappa shape index (κ1) is 82.2. The van der Waals surface area contributed by atoms with Gasteiger partial charge in [0.1, 0.15) is 34.2 Å². The summed E-state index contributed by atoms with van der Waals surface area (Å²) in [6, 6.07) is 138. The Labute approximate surface area is 779 Å². The third-order valence-electron chi connectivity index (χ3n) is 28.7. The van der Waals surface area contributed by atoms with Crippen molar-refractivity contribution in [2.45, 2.75) is 116 Å². The molecule has 0 bridgehead atoms. The zero-order valence-corrected chi connectivity index (χ0v) is 80.0. The van der Waals surface area contributed by atoms with Crippen molar-refractivity contribution < 1.29 is 13.3 Å². The second-order valence-corrected chi connectivity index (χ2v) is 51.6. The van der Waals surface area contributed by atoms with E-state index in [1.807, 2.05) is 23.5 Å². The van der Waals surface area contributed by atoms with Gasteiger partial charge in [0.15, 0.2) is 0 Å². The maximum absolute atomic E-state index is 7.21. The van der Waals surface area contributed by atoms with Crippen molar-refractivity contribution in [2.75, 3.05) is 19.6 Å². The van der Waals surface area contributed by atoms with Crippen LogP contribution in [-0.2, 0) is 21.7 Å². The van der Waals surface area contributed by atoms with Gasteiger partial charge in [-0.15, -0.1) is 11.3 Å². The first-order valence-corrected chi connectivity index (χ1v) is 54.2. The topological polar surface area (TPSA) is 52.4 Å². The van der Waals surface area contributed by atoms with E-state index in [4.69, 9.17) is 13.3 Å². The second kappa shape index (κ2) is 30.7. The largest absolute Gasteiger partial charge is 0.456 e. The van der Waals surface area contributed by atoms with Crippen molar-refractivity contribution in [1.82, 2.24) is 0 Å². The first-order valence-electron chi connectivity index (χ1n) is 46.3. The summed E-state index contributed by atoms with van der Waals surface area (Å²) in [5, 5.41) is 7.72. The summed E-state index contributed by atoms with van der Waals surface area (Å²) in [6.07, 6.45) is 0. The molecule has 16 aromatic carbocycles. The van der Waals surface area contributed by atoms with Crippen LogP contribution >= 0.6 is 11.3 Å². The van der Waals surface area contributed by atoms with Gasteiger partial charge in [0, 0.05) is 171 Å². The van der Waals surface area contributed by atoms with E-state index in [1.165, 1.54) is 103 Å². The van der Waals surface area contributed by atoms with E-state index in [2.05, 4.69) is 478 Å². The molecular formula is C122H104N4O3SSi2. The first-order chi connectivity index (χ1) is 63.7. The number of benzene rings is 16. The van der Waals surface area contributed by atoms with Crippen LogP contribution in [0, 0.1) is 0 Å². The molecule has 644 valence electrons. The van der Waals surface area contributed by atoms with Gasteiger partial charge in [0.2, 0.25) is 0 Å². The molecule has 24 rings (SSSR count). The molecule has 7 nitrogen and oxygen atoms in total. The van der Waals surface area contributed by atoms with Crippen molar-refractivity contribution in [1.29, 1.82) is 0 Å². The number of anilines is 12. The quantitative estimate of drug-likeness (QED) is 0.0894. The lowest BCUT2D eigenvalue weighted by atomic mass is 9.74. The number of furan rings is 3. The molecule has 4 aliphatic carbocycles. The Bertz CT molecular complexity index is 7970. The summed E-state index contributed by atoms with van der Waals surface area (Å²) in [7, 11) is -2.92. The fourth-order valence-electron chi connectivity index (χ4n) is 22.0. The zero-order valence-electron chi connectivity index (χ0n) is 77.2. The molecule has 4 aromatic heterocycles. The molecule has 0 fully saturated rings. The van der Waals surface area contributed by atoms with Crippen LogP contribution < -0.4 is 30.0 Å². The average Bonchev–Trinajstić information content (AvgIpc) is 1.52. The van der Waals surface area contributed by atoms with E-state index >= 15 is 0 Å². The van der Waals surface area contributed by atoms with Gasteiger partial charge in [-0.05, 0) is 209 Å². The molecular weight excluding hydrogens is 1660 g/mol. The highest BCUT2D eigenvalue weighted by Crippen LogP contribution is 2.65. The van der Waals surface area contributed by atoms with Crippen LogP contribution in [0.5, 0.6) is 0 Å². The van der Waals surface area contributed by atoms with Gasteiger partial charge in [-0.3, -0.25) is 0 Å². The molecule has 132 heavy (non-hydrogen) atoms. The van der Waals surface area contributed by atoms with E-state index in [0.29, 0.717) is 0 Å². The number of para-hydroxylation sites is 5. The third-order valence-corrected chi connectivity index (χ3v) is 34.0. The standard InChI is InChI=1S/C61H52N2O2Si.C61H52N2OSSi/c1-60(2)51-36-42(62(40-20-12-9-13-21-40)41-26-31-45(32-27-41)66(5,6)7)29-34-49(51)58-56(60)57-59(65-58)50-35-30-43(37-52(50)61(57,3)4)63(53-24-16-14-22-46(53)39-18-10-8-11-19-39)44-28-33-48-47-23-15-17-25-54(47)64-55(48)38-44;1-60(2)51-37-43(62(40-20-12-9-13-21-40)41-26-31-45(32-27-41)66(5,6)7)28-33-48(51)58-56(60)57-59(64-58)49-34-29-44(38-52(49)61(57,3)4)63(53-24-16-14-22-46(53)39-18-10-8-11-19-39)42-30-35-55-50(36-42)47-23-15-17-25-54(47)65-55/h2*8-38H,1-7H3. The number of thiophene rings is 1. The minimum absolute atomic E-state index is 0.302. The fourth-order valence-corrected chi connectivity index (χ4v) is 25.4. The molecule has 0 radical (unpaired) electrons. The van der Waals surface area contributed by atoms with Gasteiger partial charge >= 0.3 is 0 Å². The lowest BCUT2D eigenvalue weighted by molar-refractivity contribution is 0.592. The monoisotopic (exact) mass is 1760 g/mol. The molecule has 4 heterocycles. The van der Waals surface area contributed by atoms with Gasteiger partial charge in [-0.25, -0.2) is 0 Å². The zero-order chi connectivity index (χ0) is 90.2. The number of hydrogen-bond donors (Lipinski definition) is 0. The Morgan fingerprint density at radius 1 is 0.220 bits per heavy atom. The van der Waals surface area contributed by atoms with Gasteiger partial charge in [0.05, 0.1) is 27.5 Å². The molecule has 0 unspecified atom stereocenters. The Balaban J connectivity index is 0.000000150. The Hall–Kier alpha value is -14.3. The van der Waals surface area contributed by atoms with Crippen LogP contribution in [0.15, 0.2) is 389 Å². The van der Waals surface area contributed by atoms with Crippen LogP contribution in [0.1, 0.15) is 99.9 Å². The maximum atomic E-state index is 7.21. The normalized spacial score (nSPS) is 14.2. The fraction of sp³-hybridized carbons (Fsp3) is 0.148. The molecule has 0 atom stereocenters. The number of rotatable bonds is 16. The Kier molecular flexibility index (Phi) is 19.1. The third kappa shape index (κ3) is 13.2. The predicted molar refractivity (Wildman–Crippen MR) is 563 cm³/mol. The van der Waals surface area contributed by atoms with E-state index in [1.54, 1.807) is 0 Å². The predicted octanol–water partition coefficient (Wildman–Crippen LogP) is 34.4. The summed E-state index contributed by atoms with van der Waals surface area (Å²) in [4.78, 5) is 9.65. The summed E-state index contributed by atoms with van der Waals surface area (Å²) < 4.78 is 23.5. The number of hydrogen-bond acceptors (Lipinski definition) is 8. The van der Waals surface area contributed by atoms with Crippen LogP contribution in [0.2, 0.25) is 39.3 Å². The molecule has 20 aromatic rings. The molecule has 4 aliphatic rings. The van der Waals surface area contributed by atoms with Crippen LogP contribution in [0.3, 0.4) is 0 Å². The SMILES string of the molecule is CC1(C)c2cc(N(c3ccccc3)c3ccc([Si](C)(C)C)cc3)ccc2-c2oc3c(c21)C(C)(C)c1cc(N(c2ccc4c(c2)oc2ccccc24)c2ccccc2-c2ccccc2)ccc1-3.CC1(C)c2cc(N(c3ccccc3)c3ccc([Si](C)(C)C)cc3)ccc2-c2oc3c(c21)C(C)(C)c1cc(N(c2ccc4sc5ccccc5c4c2)c2ccccc2-c2ccccc2)ccc1-3. The molecule has 0 N–H and O–H groups in total. The highest BCUT2D eigenvalue weighted by Gasteiger charge is 2.53. The molecule has 0 aliphatic heterocycles. The van der Waals surface area contributed by atoms with Crippen molar-refractivity contribution >= 4 is 148 Å². The number of fused-ring (bicyclic) bond motifs is 20. The highest BCUT2D eigenvalue weighted by molar-refractivity contribution is 7.25. The molecule has 0 saturated carbocycles. The Morgan fingerprint density at radius 2 is 0.523 bits per heavy atom. The molecule has 0 spiro atoms. The minimum atomic E-state index is -1.46. The van der Waals surface area contributed by atoms with Gasteiger partial charge in [0.25, 0.3) is 0 Å². The van der Waals surface area contributed by atoms with Gasteiger partial charge in [-0.1, -0.05) is 299 Å². The molecule has 0 amide bonds. The van der Waals surface area contributed by atoms with Gasteiger partial charge < -0.3 is 32.9 Å². The summed E-state index contributed by atoms with van der Waals surface area (Å²) in [5.41, 5.74) is 33.6. The maximum Gasteiger partial charge on any atom is 0.139 e. The van der Waals surface area contributed by atoms with Crippen molar-refractivity contribution in [3.05, 3.63) is 421 Å². The van der Waals surface area contributed by atoms with Crippen LogP contribution in [-0.4, -0.2) is 16.1 Å². The van der Waals surface area contributed by atoms with Crippen LogP contribution in [0.25, 0.3) is 110 Å². The summed E-state index contributed by atoms with van der Waals surface area (Å²) in [6.45, 7) is 33.6. The summed E-state index contributed by atoms with van der Waals surface area (Å²) >= 11 is 1.86. The van der Waals surface area contributed by atoms with E-state index < -0.39 is 16.1 Å². The van der Waals surface area contributed by atoms with Crippen molar-refractivity contribution in [3.8, 4) is 67.5 Å². The second-order valence-electron chi connectivity index (χ2n) is 40.4. The lowest BCUT2D eigenvalue weighted by Gasteiger charge is -2.31. The van der Waals surface area contributed by atoms with E-state index in [9.17, 15) is 0 Å². The summed E-state index contributed by atoms with van der Waals surface area (Å²) in [5.74, 6) is 4.00. The minimum Gasteiger partial charge on any atom is -0.456 e. The van der Waals surface area contributed by atoms with Crippen LogP contribution in [0.4, 0.5) is 68.2 Å². The van der Waals surface area contributed by atoms with Crippen molar-refractivity contribution in [2.24, 2.45) is 0 Å². The number of nitrogens with zero attached hydrogens (tertiary/aromatic N) is 4. The lowest BCUT2D eigenvalue weighted by Crippen LogP contribution is -2.37. The van der Waals surface area contributed by atoms with E-state index in [-0.39, 0.29) is 21.7 Å². The molecule has 10 heteroatoms. The smallest absolute Gasteiger partial charge is 0.139 e. The van der Waals surface area contributed by atoms with Gasteiger partial charge in [-0.2, -0.15) is 0 Å². The molecule has 0 saturated heterocycles. The Morgan fingerprint density at radius 3 is 0.939 bits per heavy atom. The van der Waals surface area contributed by atoms with E-state index in [0.717, 1.165) is 130 Å². The average molecular weight is 1760 g/mol. The van der Waals surface area contributed by atoms with Crippen molar-refractivity contribution in [3.63, 3.8) is 0 Å².